The van der Waals surface area contributed by atoms with Crippen LogP contribution in [0.4, 0.5) is 0 Å². The number of hydrogen-bond donors (Lipinski definition) is 2. The van der Waals surface area contributed by atoms with E-state index in [2.05, 4.69) is 5.32 Å². The predicted molar refractivity (Wildman–Crippen MR) is 53.5 cm³/mol. The molecule has 0 saturated heterocycles. The van der Waals surface area contributed by atoms with E-state index in [1.165, 1.54) is 13.4 Å². The van der Waals surface area contributed by atoms with Gasteiger partial charge in [0.2, 0.25) is 0 Å². The molecule has 5 nitrogen and oxygen atoms in total. The van der Waals surface area contributed by atoms with Crippen LogP contribution < -0.4 is 5.32 Å². The molecule has 0 aliphatic carbocycles. The Morgan fingerprint density at radius 2 is 2.47 bits per heavy atom. The van der Waals surface area contributed by atoms with Gasteiger partial charge in [-0.15, -0.1) is 0 Å². The molecule has 0 radical (unpaired) electrons. The zero-order valence-electron chi connectivity index (χ0n) is 8.82. The molecule has 0 aromatic carbocycles. The van der Waals surface area contributed by atoms with Crippen LogP contribution in [0, 0.1) is 0 Å². The fourth-order valence-corrected chi connectivity index (χ4v) is 1.13. The van der Waals surface area contributed by atoms with Gasteiger partial charge in [-0.2, -0.15) is 0 Å². The van der Waals surface area contributed by atoms with Gasteiger partial charge >= 0.3 is 0 Å². The van der Waals surface area contributed by atoms with Crippen molar-refractivity contribution in [3.05, 3.63) is 24.2 Å². The molecule has 1 atom stereocenters. The molecule has 15 heavy (non-hydrogen) atoms. The number of methoxy groups -OCH3 is 1. The smallest absolute Gasteiger partial charge is 0.287 e. The summed E-state index contributed by atoms with van der Waals surface area (Å²) >= 11 is 0. The first-order valence-corrected chi connectivity index (χ1v) is 4.58. The Morgan fingerprint density at radius 3 is 3.00 bits per heavy atom. The van der Waals surface area contributed by atoms with E-state index in [-0.39, 0.29) is 24.8 Å². The van der Waals surface area contributed by atoms with Gasteiger partial charge in [0.05, 0.1) is 12.9 Å². The van der Waals surface area contributed by atoms with Crippen molar-refractivity contribution >= 4 is 5.91 Å². The van der Waals surface area contributed by atoms with Crippen molar-refractivity contribution in [3.8, 4) is 0 Å². The van der Waals surface area contributed by atoms with E-state index < -0.39 is 5.60 Å². The summed E-state index contributed by atoms with van der Waals surface area (Å²) in [7, 11) is 1.49. The maximum absolute atomic E-state index is 11.4. The first-order chi connectivity index (χ1) is 7.05. The van der Waals surface area contributed by atoms with Crippen LogP contribution >= 0.6 is 0 Å². The van der Waals surface area contributed by atoms with E-state index in [4.69, 9.17) is 9.15 Å². The highest BCUT2D eigenvalue weighted by molar-refractivity contribution is 5.91. The summed E-state index contributed by atoms with van der Waals surface area (Å²) in [6.45, 7) is 1.85. The minimum atomic E-state index is -1.07. The van der Waals surface area contributed by atoms with Gasteiger partial charge in [0.25, 0.3) is 5.91 Å². The van der Waals surface area contributed by atoms with E-state index in [9.17, 15) is 9.90 Å². The normalized spacial score (nSPS) is 14.6. The Hall–Kier alpha value is -1.33. The summed E-state index contributed by atoms with van der Waals surface area (Å²) < 4.78 is 9.70. The molecule has 0 aliphatic heterocycles. The van der Waals surface area contributed by atoms with Gasteiger partial charge in [-0.05, 0) is 19.1 Å². The lowest BCUT2D eigenvalue weighted by Crippen LogP contribution is -2.43. The second-order valence-corrected chi connectivity index (χ2v) is 3.59. The molecular weight excluding hydrogens is 198 g/mol. The van der Waals surface area contributed by atoms with Crippen LogP contribution in [-0.2, 0) is 4.74 Å². The number of furan rings is 1. The lowest BCUT2D eigenvalue weighted by atomic mass is 10.1. The Kier molecular flexibility index (Phi) is 3.88. The number of rotatable bonds is 5. The summed E-state index contributed by atoms with van der Waals surface area (Å²) in [6.07, 6.45) is 1.42. The Labute approximate surface area is 88.0 Å². The third-order valence-corrected chi connectivity index (χ3v) is 1.83. The SMILES string of the molecule is COCC(C)(O)CNC(=O)c1ccco1. The van der Waals surface area contributed by atoms with Gasteiger partial charge in [-0.3, -0.25) is 4.79 Å². The minimum absolute atomic E-state index is 0.111. The van der Waals surface area contributed by atoms with Crippen molar-refractivity contribution < 1.29 is 19.1 Å². The molecule has 1 heterocycles. The standard InChI is InChI=1S/C10H15NO4/c1-10(13,7-14-2)6-11-9(12)8-4-3-5-15-8/h3-5,13H,6-7H2,1-2H3,(H,11,12). The number of nitrogens with one attached hydrogen (secondary N) is 1. The quantitative estimate of drug-likeness (QED) is 0.743. The number of hydrogen-bond acceptors (Lipinski definition) is 4. The lowest BCUT2D eigenvalue weighted by molar-refractivity contribution is -0.0148. The van der Waals surface area contributed by atoms with E-state index in [1.54, 1.807) is 19.1 Å². The molecule has 0 spiro atoms. The highest BCUT2D eigenvalue weighted by atomic mass is 16.5. The molecule has 0 aliphatic rings. The predicted octanol–water partition coefficient (Wildman–Crippen LogP) is 0.407. The molecule has 1 aromatic heterocycles. The van der Waals surface area contributed by atoms with Crippen LogP contribution in [-0.4, -0.2) is 36.9 Å². The number of aliphatic hydroxyl groups is 1. The van der Waals surface area contributed by atoms with Crippen LogP contribution in [0.3, 0.4) is 0 Å². The molecule has 0 fully saturated rings. The van der Waals surface area contributed by atoms with Crippen molar-refractivity contribution in [3.63, 3.8) is 0 Å². The van der Waals surface area contributed by atoms with E-state index in [0.717, 1.165) is 0 Å². The highest BCUT2D eigenvalue weighted by Gasteiger charge is 2.21. The summed E-state index contributed by atoms with van der Waals surface area (Å²) in [5.74, 6) is -0.125. The number of ether oxygens (including phenoxy) is 1. The average Bonchev–Trinajstić information content (AvgIpc) is 2.67. The van der Waals surface area contributed by atoms with Crippen molar-refractivity contribution in [2.75, 3.05) is 20.3 Å². The zero-order valence-corrected chi connectivity index (χ0v) is 8.82. The second-order valence-electron chi connectivity index (χ2n) is 3.59. The summed E-state index contributed by atoms with van der Waals surface area (Å²) in [4.78, 5) is 11.4. The highest BCUT2D eigenvalue weighted by Crippen LogP contribution is 2.03. The monoisotopic (exact) mass is 213 g/mol. The van der Waals surface area contributed by atoms with E-state index in [1.807, 2.05) is 0 Å². The zero-order chi connectivity index (χ0) is 11.3. The fourth-order valence-electron chi connectivity index (χ4n) is 1.13. The van der Waals surface area contributed by atoms with Gasteiger partial charge in [0, 0.05) is 13.7 Å². The molecule has 1 amide bonds. The van der Waals surface area contributed by atoms with Crippen molar-refractivity contribution in [1.82, 2.24) is 5.32 Å². The van der Waals surface area contributed by atoms with Gasteiger partial charge in [-0.1, -0.05) is 0 Å². The summed E-state index contributed by atoms with van der Waals surface area (Å²) in [5, 5.41) is 12.2. The van der Waals surface area contributed by atoms with Crippen molar-refractivity contribution in [2.24, 2.45) is 0 Å². The van der Waals surface area contributed by atoms with E-state index in [0.29, 0.717) is 0 Å². The van der Waals surface area contributed by atoms with Gasteiger partial charge < -0.3 is 19.6 Å². The fraction of sp³-hybridized carbons (Fsp3) is 0.500. The maximum Gasteiger partial charge on any atom is 0.287 e. The maximum atomic E-state index is 11.4. The molecule has 2 N–H and O–H groups in total. The largest absolute Gasteiger partial charge is 0.459 e. The molecule has 0 saturated carbocycles. The summed E-state index contributed by atoms with van der Waals surface area (Å²) in [6, 6.07) is 3.18. The molecular formula is C10H15NO4. The van der Waals surface area contributed by atoms with Crippen LogP contribution in [0.25, 0.3) is 0 Å². The van der Waals surface area contributed by atoms with Crippen molar-refractivity contribution in [2.45, 2.75) is 12.5 Å². The third kappa shape index (κ3) is 3.73. The van der Waals surface area contributed by atoms with Crippen LogP contribution in [0.2, 0.25) is 0 Å². The van der Waals surface area contributed by atoms with E-state index >= 15 is 0 Å². The molecule has 5 heteroatoms. The average molecular weight is 213 g/mol. The molecule has 1 aromatic rings. The number of amides is 1. The summed E-state index contributed by atoms with van der Waals surface area (Å²) in [5.41, 5.74) is -1.07. The first-order valence-electron chi connectivity index (χ1n) is 4.58. The van der Waals surface area contributed by atoms with Gasteiger partial charge in [0.15, 0.2) is 5.76 Å². The van der Waals surface area contributed by atoms with Crippen LogP contribution in [0.15, 0.2) is 22.8 Å². The number of carbonyl (C=O) groups excluding carboxylic acids is 1. The lowest BCUT2D eigenvalue weighted by Gasteiger charge is -2.22. The number of carbonyl (C=O) groups is 1. The second kappa shape index (κ2) is 4.95. The van der Waals surface area contributed by atoms with Gasteiger partial charge in [0.1, 0.15) is 5.60 Å². The first kappa shape index (κ1) is 11.7. The van der Waals surface area contributed by atoms with Crippen molar-refractivity contribution in [1.29, 1.82) is 0 Å². The molecule has 0 bridgehead atoms. The Balaban J connectivity index is 2.40. The Bertz CT molecular complexity index is 305. The van der Waals surface area contributed by atoms with Crippen LogP contribution in [0.5, 0.6) is 0 Å². The van der Waals surface area contributed by atoms with Crippen LogP contribution in [0.1, 0.15) is 17.5 Å². The minimum Gasteiger partial charge on any atom is -0.459 e. The van der Waals surface area contributed by atoms with Gasteiger partial charge in [-0.25, -0.2) is 0 Å². The third-order valence-electron chi connectivity index (χ3n) is 1.83. The Morgan fingerprint density at radius 1 is 1.73 bits per heavy atom. The topological polar surface area (TPSA) is 71.7 Å². The molecule has 1 rings (SSSR count). The molecule has 1 unspecified atom stereocenters. The molecule has 84 valence electrons.